The molecular weight excluding hydrogens is 372 g/mol. The van der Waals surface area contributed by atoms with Crippen LogP contribution < -0.4 is 5.32 Å². The van der Waals surface area contributed by atoms with Gasteiger partial charge in [0.25, 0.3) is 0 Å². The summed E-state index contributed by atoms with van der Waals surface area (Å²) in [6, 6.07) is 10.7. The molecule has 1 amide bonds. The number of amides is 1. The number of nitrogens with zero attached hydrogens (tertiary/aromatic N) is 5. The molecule has 1 fully saturated rings. The zero-order valence-electron chi connectivity index (χ0n) is 17.2. The first kappa shape index (κ1) is 20.9. The largest absolute Gasteiger partial charge is 0.353 e. The number of aromatic nitrogens is 2. The molecule has 9 nitrogen and oxygen atoms in total. The fraction of sp³-hybridized carbons (Fsp3) is 0.500. The molecule has 1 saturated heterocycles. The number of hydrogen-bond donors (Lipinski definition) is 1. The van der Waals surface area contributed by atoms with Crippen LogP contribution in [-0.2, 0) is 11.3 Å². The molecule has 1 aliphatic heterocycles. The lowest BCUT2D eigenvalue weighted by Gasteiger charge is -2.40. The highest BCUT2D eigenvalue weighted by Crippen LogP contribution is 2.24. The minimum absolute atomic E-state index is 0.0225. The van der Waals surface area contributed by atoms with Crippen LogP contribution in [0.1, 0.15) is 23.0 Å². The van der Waals surface area contributed by atoms with Gasteiger partial charge in [0.15, 0.2) is 0 Å². The highest BCUT2D eigenvalue weighted by molar-refractivity contribution is 5.75. The molecule has 156 valence electrons. The number of aryl methyl sites for hydroxylation is 1. The van der Waals surface area contributed by atoms with Gasteiger partial charge in [-0.15, -0.1) is 0 Å². The fourth-order valence-corrected chi connectivity index (χ4v) is 3.85. The van der Waals surface area contributed by atoms with Gasteiger partial charge in [0, 0.05) is 38.8 Å². The summed E-state index contributed by atoms with van der Waals surface area (Å²) in [5.41, 5.74) is 1.97. The molecule has 3 rings (SSSR count). The molecule has 2 heterocycles. The van der Waals surface area contributed by atoms with E-state index >= 15 is 0 Å². The summed E-state index contributed by atoms with van der Waals surface area (Å²) in [4.78, 5) is 27.7. The number of benzene rings is 1. The van der Waals surface area contributed by atoms with Gasteiger partial charge in [0.05, 0.1) is 4.92 Å². The molecule has 29 heavy (non-hydrogen) atoms. The van der Waals surface area contributed by atoms with Gasteiger partial charge in [0.2, 0.25) is 5.91 Å². The summed E-state index contributed by atoms with van der Waals surface area (Å²) in [6.07, 6.45) is 0. The summed E-state index contributed by atoms with van der Waals surface area (Å²) >= 11 is 0. The Morgan fingerprint density at radius 1 is 1.28 bits per heavy atom. The minimum atomic E-state index is -0.455. The van der Waals surface area contributed by atoms with E-state index < -0.39 is 4.92 Å². The van der Waals surface area contributed by atoms with Crippen molar-refractivity contribution >= 4 is 11.6 Å². The van der Waals surface area contributed by atoms with Gasteiger partial charge < -0.3 is 10.2 Å². The van der Waals surface area contributed by atoms with Crippen molar-refractivity contribution in [3.8, 4) is 0 Å². The van der Waals surface area contributed by atoms with Crippen molar-refractivity contribution in [3.63, 3.8) is 0 Å². The molecule has 9 heteroatoms. The summed E-state index contributed by atoms with van der Waals surface area (Å²) in [7, 11) is 2.13. The smallest absolute Gasteiger partial charge is 0.312 e. The van der Waals surface area contributed by atoms with Crippen LogP contribution in [0.25, 0.3) is 0 Å². The van der Waals surface area contributed by atoms with Crippen LogP contribution in [0.5, 0.6) is 0 Å². The lowest BCUT2D eigenvalue weighted by molar-refractivity contribution is -0.386. The Balaban J connectivity index is 1.55. The van der Waals surface area contributed by atoms with E-state index in [0.29, 0.717) is 24.0 Å². The van der Waals surface area contributed by atoms with Crippen LogP contribution >= 0.6 is 0 Å². The Morgan fingerprint density at radius 2 is 2.00 bits per heavy atom. The third-order valence-corrected chi connectivity index (χ3v) is 5.42. The van der Waals surface area contributed by atoms with Gasteiger partial charge in [-0.1, -0.05) is 30.3 Å². The monoisotopic (exact) mass is 400 g/mol. The number of nitrogens with one attached hydrogen (secondary N) is 1. The molecule has 0 saturated carbocycles. The summed E-state index contributed by atoms with van der Waals surface area (Å²) < 4.78 is 1.39. The molecule has 2 aromatic rings. The summed E-state index contributed by atoms with van der Waals surface area (Å²) in [5, 5.41) is 18.2. The molecular formula is C20H28N6O3. The zero-order chi connectivity index (χ0) is 21.0. The summed E-state index contributed by atoms with van der Waals surface area (Å²) in [5.74, 6) is -0.198. The van der Waals surface area contributed by atoms with Gasteiger partial charge >= 0.3 is 5.69 Å². The SMILES string of the molecule is Cc1nn(CC(=O)NCCN2CCN(C)C[C@@H]2c2ccccc2)c(C)c1[N+](=O)[O-]. The quantitative estimate of drug-likeness (QED) is 0.559. The average molecular weight is 400 g/mol. The van der Waals surface area contributed by atoms with Crippen LogP contribution in [0.15, 0.2) is 30.3 Å². The number of piperazine rings is 1. The predicted molar refractivity (Wildman–Crippen MR) is 110 cm³/mol. The molecule has 1 aliphatic rings. The first-order chi connectivity index (χ1) is 13.9. The van der Waals surface area contributed by atoms with Gasteiger partial charge in [-0.2, -0.15) is 5.10 Å². The average Bonchev–Trinajstić information content (AvgIpc) is 2.96. The van der Waals surface area contributed by atoms with Crippen molar-refractivity contribution < 1.29 is 9.72 Å². The van der Waals surface area contributed by atoms with E-state index in [4.69, 9.17) is 0 Å². The topological polar surface area (TPSA) is 96.5 Å². The number of carbonyl (C=O) groups is 1. The first-order valence-corrected chi connectivity index (χ1v) is 9.79. The Kier molecular flexibility index (Phi) is 6.60. The van der Waals surface area contributed by atoms with Crippen molar-refractivity contribution in [2.24, 2.45) is 0 Å². The first-order valence-electron chi connectivity index (χ1n) is 9.79. The Morgan fingerprint density at radius 3 is 2.66 bits per heavy atom. The summed E-state index contributed by atoms with van der Waals surface area (Å²) in [6.45, 7) is 7.32. The number of carbonyl (C=O) groups excluding carboxylic acids is 1. The molecule has 1 aromatic carbocycles. The van der Waals surface area contributed by atoms with Crippen LogP contribution in [-0.4, -0.2) is 70.2 Å². The predicted octanol–water partition coefficient (Wildman–Crippen LogP) is 1.51. The second kappa shape index (κ2) is 9.15. The highest BCUT2D eigenvalue weighted by Gasteiger charge is 2.26. The Hall–Kier alpha value is -2.78. The molecule has 0 spiro atoms. The second-order valence-corrected chi connectivity index (χ2v) is 7.51. The second-order valence-electron chi connectivity index (χ2n) is 7.51. The van der Waals surface area contributed by atoms with E-state index in [-0.39, 0.29) is 18.1 Å². The van der Waals surface area contributed by atoms with Gasteiger partial charge in [-0.25, -0.2) is 0 Å². The van der Waals surface area contributed by atoms with Gasteiger partial charge in [0.1, 0.15) is 17.9 Å². The third kappa shape index (κ3) is 4.99. The highest BCUT2D eigenvalue weighted by atomic mass is 16.6. The van der Waals surface area contributed by atoms with Crippen molar-refractivity contribution in [1.29, 1.82) is 0 Å². The lowest BCUT2D eigenvalue weighted by atomic mass is 10.0. The Bertz CT molecular complexity index is 867. The number of nitro groups is 1. The van der Waals surface area contributed by atoms with Gasteiger partial charge in [-0.05, 0) is 26.5 Å². The number of hydrogen-bond acceptors (Lipinski definition) is 6. The van der Waals surface area contributed by atoms with Crippen molar-refractivity contribution in [1.82, 2.24) is 24.9 Å². The molecule has 1 atom stereocenters. The lowest BCUT2D eigenvalue weighted by Crippen LogP contribution is -2.49. The molecule has 1 aromatic heterocycles. The van der Waals surface area contributed by atoms with Crippen LogP contribution in [0.4, 0.5) is 5.69 Å². The van der Waals surface area contributed by atoms with E-state index in [2.05, 4.69) is 51.5 Å². The molecule has 0 radical (unpaired) electrons. The fourth-order valence-electron chi connectivity index (χ4n) is 3.85. The van der Waals surface area contributed by atoms with E-state index in [1.165, 1.54) is 10.2 Å². The van der Waals surface area contributed by atoms with E-state index in [1.807, 2.05) is 6.07 Å². The van der Waals surface area contributed by atoms with E-state index in [0.717, 1.165) is 26.2 Å². The molecule has 0 aliphatic carbocycles. The zero-order valence-corrected chi connectivity index (χ0v) is 17.2. The molecule has 0 bridgehead atoms. The van der Waals surface area contributed by atoms with Crippen molar-refractivity contribution in [2.45, 2.75) is 26.4 Å². The standard InChI is InChI=1S/C20H28N6O3/c1-15-20(26(28)29)16(2)25(22-15)14-19(27)21-9-10-24-12-11-23(3)13-18(24)17-7-5-4-6-8-17/h4-8,18H,9-14H2,1-3H3,(H,21,27)/t18-/m1/s1. The van der Waals surface area contributed by atoms with Crippen molar-refractivity contribution in [2.75, 3.05) is 39.8 Å². The number of rotatable bonds is 7. The minimum Gasteiger partial charge on any atom is -0.353 e. The van der Waals surface area contributed by atoms with Gasteiger partial charge in [-0.3, -0.25) is 24.5 Å². The third-order valence-electron chi connectivity index (χ3n) is 5.42. The number of likely N-dealkylation sites (N-methyl/N-ethyl adjacent to an activating group) is 1. The molecule has 1 N–H and O–H groups in total. The van der Waals surface area contributed by atoms with Crippen molar-refractivity contribution in [3.05, 3.63) is 57.4 Å². The maximum Gasteiger partial charge on any atom is 0.312 e. The van der Waals surface area contributed by atoms with E-state index in [9.17, 15) is 14.9 Å². The van der Waals surface area contributed by atoms with E-state index in [1.54, 1.807) is 13.8 Å². The molecule has 0 unspecified atom stereocenters. The van der Waals surface area contributed by atoms with Crippen LogP contribution in [0.2, 0.25) is 0 Å². The normalized spacial score (nSPS) is 18.0. The maximum atomic E-state index is 12.3. The Labute approximate surface area is 170 Å². The maximum absolute atomic E-state index is 12.3. The van der Waals surface area contributed by atoms with Crippen LogP contribution in [0.3, 0.4) is 0 Å². The van der Waals surface area contributed by atoms with Crippen LogP contribution in [0, 0.1) is 24.0 Å².